The molecule has 1 aromatic carbocycles. The molecule has 1 amide bonds. The lowest BCUT2D eigenvalue weighted by molar-refractivity contribution is -0.116. The molecule has 1 heterocycles. The molecule has 0 bridgehead atoms. The number of nitrogens with one attached hydrogen (secondary N) is 1. The monoisotopic (exact) mass is 371 g/mol. The molecule has 0 atom stereocenters. The van der Waals surface area contributed by atoms with E-state index in [1.54, 1.807) is 7.11 Å². The number of hydrogen-bond donors (Lipinski definition) is 1. The maximum Gasteiger partial charge on any atom is 0.518 e. The first-order valence-corrected chi connectivity index (χ1v) is 9.07. The zero-order chi connectivity index (χ0) is 19.6. The van der Waals surface area contributed by atoms with E-state index in [1.807, 2.05) is 32.0 Å². The first-order valence-electron chi connectivity index (χ1n) is 9.07. The van der Waals surface area contributed by atoms with Gasteiger partial charge in [-0.15, -0.1) is 0 Å². The Bertz CT molecular complexity index is 803. The summed E-state index contributed by atoms with van der Waals surface area (Å²) < 4.78 is 15.8. The summed E-state index contributed by atoms with van der Waals surface area (Å²) in [6.45, 7) is 7.27. The van der Waals surface area contributed by atoms with Gasteiger partial charge in [-0.05, 0) is 50.7 Å². The summed E-state index contributed by atoms with van der Waals surface area (Å²) in [5, 5.41) is 3.08. The van der Waals surface area contributed by atoms with E-state index in [9.17, 15) is 9.59 Å². The molecule has 1 spiro atoms. The van der Waals surface area contributed by atoms with Crippen LogP contribution in [0, 0.1) is 13.8 Å². The van der Waals surface area contributed by atoms with Crippen LogP contribution in [-0.4, -0.2) is 30.8 Å². The van der Waals surface area contributed by atoms with Crippen LogP contribution in [0.25, 0.3) is 5.57 Å². The lowest BCUT2D eigenvalue weighted by Crippen LogP contribution is -2.49. The van der Waals surface area contributed by atoms with Crippen LogP contribution in [-0.2, 0) is 19.0 Å². The molecule has 3 rings (SSSR count). The highest BCUT2D eigenvalue weighted by molar-refractivity contribution is 6.23. The maximum absolute atomic E-state index is 13.0. The molecule has 0 radical (unpaired) electrons. The molecule has 1 N–H and O–H groups in total. The summed E-state index contributed by atoms with van der Waals surface area (Å²) in [7, 11) is 1.69. The molecule has 144 valence electrons. The Kier molecular flexibility index (Phi) is 5.37. The van der Waals surface area contributed by atoms with Crippen LogP contribution < -0.4 is 5.32 Å². The molecule has 0 aromatic heterocycles. The Morgan fingerprint density at radius 2 is 2.00 bits per heavy atom. The highest BCUT2D eigenvalue weighted by Crippen LogP contribution is 2.44. The molecule has 1 aliphatic carbocycles. The average Bonchev–Trinajstić information content (AvgIpc) is 2.89. The van der Waals surface area contributed by atoms with E-state index < -0.39 is 11.7 Å². The molecule has 1 fully saturated rings. The highest BCUT2D eigenvalue weighted by Gasteiger charge is 2.50. The van der Waals surface area contributed by atoms with E-state index >= 15 is 0 Å². The summed E-state index contributed by atoms with van der Waals surface area (Å²) in [5.74, 6) is 0.101. The molecule has 1 aromatic rings. The number of benzene rings is 1. The molecule has 6 heteroatoms. The smallest absolute Gasteiger partial charge is 0.403 e. The van der Waals surface area contributed by atoms with Gasteiger partial charge in [-0.25, -0.2) is 4.79 Å². The average molecular weight is 371 g/mol. The Balaban J connectivity index is 2.09. The largest absolute Gasteiger partial charge is 0.518 e. The van der Waals surface area contributed by atoms with Gasteiger partial charge in [0, 0.05) is 7.11 Å². The lowest BCUT2D eigenvalue weighted by atomic mass is 9.79. The molecule has 2 aliphatic rings. The van der Waals surface area contributed by atoms with Gasteiger partial charge in [0.1, 0.15) is 5.76 Å². The second kappa shape index (κ2) is 7.56. The SMILES string of the molecule is C=COC(=O)OC1=C(c2cc(C)ccc2C)C(=O)NC12CCC(OC)CC2. The van der Waals surface area contributed by atoms with Gasteiger partial charge in [-0.2, -0.15) is 0 Å². The lowest BCUT2D eigenvalue weighted by Gasteiger charge is -2.37. The number of amides is 1. The van der Waals surface area contributed by atoms with Crippen molar-refractivity contribution in [2.75, 3.05) is 7.11 Å². The molecule has 0 unspecified atom stereocenters. The van der Waals surface area contributed by atoms with Crippen LogP contribution in [0.1, 0.15) is 42.4 Å². The Hall–Kier alpha value is -2.60. The summed E-state index contributed by atoms with van der Waals surface area (Å²) in [6.07, 6.45) is 3.04. The fourth-order valence-electron chi connectivity index (χ4n) is 3.92. The van der Waals surface area contributed by atoms with Gasteiger partial charge in [0.05, 0.1) is 23.5 Å². The van der Waals surface area contributed by atoms with Crippen molar-refractivity contribution in [3.05, 3.63) is 53.5 Å². The number of methoxy groups -OCH3 is 1. The third-order valence-corrected chi connectivity index (χ3v) is 5.39. The van der Waals surface area contributed by atoms with Crippen LogP contribution >= 0.6 is 0 Å². The number of hydrogen-bond acceptors (Lipinski definition) is 5. The molecule has 27 heavy (non-hydrogen) atoms. The molecular weight excluding hydrogens is 346 g/mol. The van der Waals surface area contributed by atoms with E-state index in [-0.39, 0.29) is 12.0 Å². The zero-order valence-corrected chi connectivity index (χ0v) is 16.0. The first kappa shape index (κ1) is 19.2. The standard InChI is InChI=1S/C21H25NO5/c1-5-26-20(24)27-18-17(16-12-13(2)6-7-14(16)3)19(23)22-21(18)10-8-15(25-4)9-11-21/h5-7,12,15H,1,8-11H2,2-4H3,(H,22,23). The van der Waals surface area contributed by atoms with Crippen molar-refractivity contribution in [2.24, 2.45) is 0 Å². The minimum absolute atomic E-state index is 0.138. The fourth-order valence-corrected chi connectivity index (χ4v) is 3.92. The summed E-state index contributed by atoms with van der Waals surface area (Å²) in [4.78, 5) is 25.0. The van der Waals surface area contributed by atoms with Crippen molar-refractivity contribution < 1.29 is 23.8 Å². The second-order valence-electron chi connectivity index (χ2n) is 7.13. The van der Waals surface area contributed by atoms with E-state index in [2.05, 4.69) is 11.9 Å². The summed E-state index contributed by atoms with van der Waals surface area (Å²) >= 11 is 0. The van der Waals surface area contributed by atoms with Crippen molar-refractivity contribution in [3.8, 4) is 0 Å². The minimum Gasteiger partial charge on any atom is -0.403 e. The Morgan fingerprint density at radius 1 is 1.30 bits per heavy atom. The molecule has 1 saturated carbocycles. The topological polar surface area (TPSA) is 73.9 Å². The van der Waals surface area contributed by atoms with Gasteiger partial charge in [0.15, 0.2) is 0 Å². The number of carbonyl (C=O) groups excluding carboxylic acids is 2. The van der Waals surface area contributed by atoms with E-state index in [4.69, 9.17) is 14.2 Å². The summed E-state index contributed by atoms with van der Waals surface area (Å²) in [5.41, 5.74) is 2.39. The van der Waals surface area contributed by atoms with Crippen molar-refractivity contribution in [3.63, 3.8) is 0 Å². The van der Waals surface area contributed by atoms with E-state index in [0.29, 0.717) is 24.2 Å². The van der Waals surface area contributed by atoms with Crippen LogP contribution in [0.15, 0.2) is 36.8 Å². The van der Waals surface area contributed by atoms with Crippen molar-refractivity contribution in [2.45, 2.75) is 51.2 Å². The van der Waals surface area contributed by atoms with Crippen LogP contribution in [0.4, 0.5) is 4.79 Å². The maximum atomic E-state index is 13.0. The minimum atomic E-state index is -0.896. The van der Waals surface area contributed by atoms with Gasteiger partial charge in [-0.1, -0.05) is 30.3 Å². The highest BCUT2D eigenvalue weighted by atomic mass is 16.7. The number of rotatable bonds is 4. The second-order valence-corrected chi connectivity index (χ2v) is 7.13. The number of ether oxygens (including phenoxy) is 3. The Morgan fingerprint density at radius 3 is 2.63 bits per heavy atom. The third-order valence-electron chi connectivity index (χ3n) is 5.39. The van der Waals surface area contributed by atoms with Gasteiger partial charge in [0.2, 0.25) is 0 Å². The predicted octanol–water partition coefficient (Wildman–Crippen LogP) is 3.77. The molecule has 6 nitrogen and oxygen atoms in total. The molecule has 0 saturated heterocycles. The quantitative estimate of drug-likeness (QED) is 0.644. The van der Waals surface area contributed by atoms with Crippen molar-refractivity contribution in [1.82, 2.24) is 5.32 Å². The van der Waals surface area contributed by atoms with Gasteiger partial charge in [-0.3, -0.25) is 4.79 Å². The van der Waals surface area contributed by atoms with Crippen LogP contribution in [0.2, 0.25) is 0 Å². The van der Waals surface area contributed by atoms with Crippen LogP contribution in [0.3, 0.4) is 0 Å². The van der Waals surface area contributed by atoms with Gasteiger partial charge >= 0.3 is 6.16 Å². The van der Waals surface area contributed by atoms with Crippen LogP contribution in [0.5, 0.6) is 0 Å². The fraction of sp³-hybridized carbons (Fsp3) is 0.429. The van der Waals surface area contributed by atoms with Gasteiger partial charge < -0.3 is 19.5 Å². The Labute approximate surface area is 159 Å². The number of carbonyl (C=O) groups is 2. The van der Waals surface area contributed by atoms with E-state index in [1.165, 1.54) is 0 Å². The molecule has 1 aliphatic heterocycles. The first-order chi connectivity index (χ1) is 12.9. The molecular formula is C21H25NO5. The predicted molar refractivity (Wildman–Crippen MR) is 101 cm³/mol. The van der Waals surface area contributed by atoms with E-state index in [0.717, 1.165) is 35.8 Å². The van der Waals surface area contributed by atoms with Crippen molar-refractivity contribution in [1.29, 1.82) is 0 Å². The number of aryl methyl sites for hydroxylation is 2. The zero-order valence-electron chi connectivity index (χ0n) is 16.0. The summed E-state index contributed by atoms with van der Waals surface area (Å²) in [6, 6.07) is 5.88. The normalized spacial score (nSPS) is 24.7. The van der Waals surface area contributed by atoms with Crippen molar-refractivity contribution >= 4 is 17.6 Å². The third kappa shape index (κ3) is 3.62. The van der Waals surface area contributed by atoms with Gasteiger partial charge in [0.25, 0.3) is 5.91 Å².